The maximum Gasteiger partial charge on any atom is 0.124 e. The summed E-state index contributed by atoms with van der Waals surface area (Å²) in [6.45, 7) is 6.94. The molecule has 0 aliphatic carbocycles. The Kier molecular flexibility index (Phi) is 5.17. The van der Waals surface area contributed by atoms with Crippen molar-refractivity contribution in [2.24, 2.45) is 5.41 Å². The molecule has 2 aromatic carbocycles. The quantitative estimate of drug-likeness (QED) is 0.695. The summed E-state index contributed by atoms with van der Waals surface area (Å²) < 4.78 is 19.8. The second-order valence-corrected chi connectivity index (χ2v) is 6.70. The van der Waals surface area contributed by atoms with E-state index in [1.165, 1.54) is 12.1 Å². The van der Waals surface area contributed by atoms with E-state index < -0.39 is 5.60 Å². The fraction of sp³-hybridized carbons (Fsp3) is 0.350. The highest BCUT2D eigenvalue weighted by molar-refractivity contribution is 8.93. The molecule has 0 spiro atoms. The van der Waals surface area contributed by atoms with Crippen molar-refractivity contribution < 1.29 is 9.13 Å². The molecule has 4 heteroatoms. The molecular formula is C20H21BrFNO. The van der Waals surface area contributed by atoms with Gasteiger partial charge in [-0.3, -0.25) is 0 Å². The summed E-state index contributed by atoms with van der Waals surface area (Å²) in [4.78, 5) is 0. The summed E-state index contributed by atoms with van der Waals surface area (Å²) in [5.41, 5.74) is 2.90. The molecule has 2 nitrogen and oxygen atoms in total. The van der Waals surface area contributed by atoms with Gasteiger partial charge in [0.15, 0.2) is 0 Å². The van der Waals surface area contributed by atoms with Gasteiger partial charge in [0.1, 0.15) is 11.4 Å². The molecule has 1 heterocycles. The number of fused-ring (bicyclic) bond motifs is 1. The molecule has 0 saturated heterocycles. The molecule has 1 aliphatic heterocycles. The predicted octanol–water partition coefficient (Wildman–Crippen LogP) is 5.49. The Morgan fingerprint density at radius 3 is 2.46 bits per heavy atom. The van der Waals surface area contributed by atoms with Crippen molar-refractivity contribution in [3.63, 3.8) is 0 Å². The number of rotatable bonds is 3. The zero-order valence-electron chi connectivity index (χ0n) is 14.1. The highest BCUT2D eigenvalue weighted by Crippen LogP contribution is 2.54. The van der Waals surface area contributed by atoms with E-state index in [2.05, 4.69) is 26.8 Å². The van der Waals surface area contributed by atoms with Crippen molar-refractivity contribution in [2.45, 2.75) is 39.4 Å². The van der Waals surface area contributed by atoms with Crippen LogP contribution in [0.3, 0.4) is 0 Å². The summed E-state index contributed by atoms with van der Waals surface area (Å²) in [6, 6.07) is 14.5. The van der Waals surface area contributed by atoms with Crippen LogP contribution in [-0.4, -0.2) is 0 Å². The van der Waals surface area contributed by atoms with Gasteiger partial charge < -0.3 is 4.74 Å². The molecule has 0 bridgehead atoms. The summed E-state index contributed by atoms with van der Waals surface area (Å²) in [5, 5.41) is 9.12. The fourth-order valence-corrected chi connectivity index (χ4v) is 3.51. The van der Waals surface area contributed by atoms with Crippen LogP contribution in [0, 0.1) is 22.6 Å². The van der Waals surface area contributed by atoms with E-state index in [0.717, 1.165) is 23.1 Å². The van der Waals surface area contributed by atoms with E-state index in [4.69, 9.17) is 10.00 Å². The molecule has 2 aromatic rings. The van der Waals surface area contributed by atoms with Gasteiger partial charge in [-0.1, -0.05) is 39.0 Å². The Bertz CT molecular complexity index is 779. The normalized spacial score (nSPS) is 19.3. The monoisotopic (exact) mass is 389 g/mol. The first-order valence-electron chi connectivity index (χ1n) is 7.88. The lowest BCUT2D eigenvalue weighted by atomic mass is 9.65. The van der Waals surface area contributed by atoms with Crippen molar-refractivity contribution in [1.82, 2.24) is 0 Å². The van der Waals surface area contributed by atoms with E-state index in [0.29, 0.717) is 12.2 Å². The van der Waals surface area contributed by atoms with Crippen molar-refractivity contribution in [1.29, 1.82) is 5.26 Å². The van der Waals surface area contributed by atoms with Gasteiger partial charge in [-0.2, -0.15) is 5.26 Å². The van der Waals surface area contributed by atoms with Crippen LogP contribution in [0.2, 0.25) is 0 Å². The second kappa shape index (κ2) is 6.66. The Balaban J connectivity index is 0.00000208. The molecule has 0 radical (unpaired) electrons. The maximum absolute atomic E-state index is 13.4. The van der Waals surface area contributed by atoms with E-state index in [1.807, 2.05) is 18.2 Å². The molecule has 0 amide bonds. The van der Waals surface area contributed by atoms with Crippen LogP contribution in [0.1, 0.15) is 49.4 Å². The van der Waals surface area contributed by atoms with Crippen LogP contribution in [-0.2, 0) is 16.9 Å². The zero-order chi connectivity index (χ0) is 16.7. The highest BCUT2D eigenvalue weighted by atomic mass is 79.9. The number of hydrogen-bond donors (Lipinski definition) is 0. The van der Waals surface area contributed by atoms with E-state index in [9.17, 15) is 4.39 Å². The van der Waals surface area contributed by atoms with Crippen LogP contribution in [0.5, 0.6) is 0 Å². The molecule has 24 heavy (non-hydrogen) atoms. The molecule has 126 valence electrons. The smallest absolute Gasteiger partial charge is 0.124 e. The second-order valence-electron chi connectivity index (χ2n) is 6.70. The summed E-state index contributed by atoms with van der Waals surface area (Å²) in [6.07, 6.45) is 0.907. The number of nitriles is 1. The van der Waals surface area contributed by atoms with Gasteiger partial charge in [-0.15, -0.1) is 17.0 Å². The average Bonchev–Trinajstić information content (AvgIpc) is 2.95. The van der Waals surface area contributed by atoms with Crippen molar-refractivity contribution in [3.8, 4) is 6.07 Å². The number of benzene rings is 2. The SMILES string of the molecule is Br.CCC(C)(C)C1(c2ccc(F)cc2)OCc2cc(C#N)ccc21. The first-order valence-corrected chi connectivity index (χ1v) is 7.88. The molecule has 1 unspecified atom stereocenters. The van der Waals surface area contributed by atoms with Gasteiger partial charge >= 0.3 is 0 Å². The minimum atomic E-state index is -0.626. The summed E-state index contributed by atoms with van der Waals surface area (Å²) in [5.74, 6) is -0.253. The topological polar surface area (TPSA) is 33.0 Å². The van der Waals surface area contributed by atoms with Gasteiger partial charge in [0.05, 0.1) is 18.2 Å². The molecule has 0 fully saturated rings. The van der Waals surface area contributed by atoms with Gasteiger partial charge in [-0.05, 0) is 47.4 Å². The Morgan fingerprint density at radius 1 is 1.21 bits per heavy atom. The van der Waals surface area contributed by atoms with Gasteiger partial charge in [0.2, 0.25) is 0 Å². The molecule has 0 N–H and O–H groups in total. The van der Waals surface area contributed by atoms with Gasteiger partial charge in [0.25, 0.3) is 0 Å². The molecule has 1 atom stereocenters. The minimum absolute atomic E-state index is 0. The largest absolute Gasteiger partial charge is 0.360 e. The Labute approximate surface area is 153 Å². The van der Waals surface area contributed by atoms with E-state index >= 15 is 0 Å². The Morgan fingerprint density at radius 2 is 1.88 bits per heavy atom. The number of halogens is 2. The molecule has 1 aliphatic rings. The molecule has 0 saturated carbocycles. The number of hydrogen-bond acceptors (Lipinski definition) is 2. The fourth-order valence-electron chi connectivity index (χ4n) is 3.51. The summed E-state index contributed by atoms with van der Waals surface area (Å²) >= 11 is 0. The third-order valence-corrected chi connectivity index (χ3v) is 5.15. The minimum Gasteiger partial charge on any atom is -0.360 e. The number of ether oxygens (including phenoxy) is 1. The lowest BCUT2D eigenvalue weighted by molar-refractivity contribution is -0.0907. The van der Waals surface area contributed by atoms with E-state index in [-0.39, 0.29) is 28.2 Å². The van der Waals surface area contributed by atoms with Crippen LogP contribution in [0.25, 0.3) is 0 Å². The van der Waals surface area contributed by atoms with Crippen LogP contribution in [0.15, 0.2) is 42.5 Å². The van der Waals surface area contributed by atoms with Crippen molar-refractivity contribution in [2.75, 3.05) is 0 Å². The zero-order valence-corrected chi connectivity index (χ0v) is 15.8. The van der Waals surface area contributed by atoms with Crippen LogP contribution in [0.4, 0.5) is 4.39 Å². The van der Waals surface area contributed by atoms with Crippen molar-refractivity contribution in [3.05, 3.63) is 70.5 Å². The van der Waals surface area contributed by atoms with Crippen molar-refractivity contribution >= 4 is 17.0 Å². The van der Waals surface area contributed by atoms with Gasteiger partial charge in [0, 0.05) is 5.41 Å². The number of nitrogens with zero attached hydrogens (tertiary/aromatic N) is 1. The van der Waals surface area contributed by atoms with E-state index in [1.54, 1.807) is 12.1 Å². The lowest BCUT2D eigenvalue weighted by Gasteiger charge is -2.44. The predicted molar refractivity (Wildman–Crippen MR) is 97.5 cm³/mol. The summed E-state index contributed by atoms with van der Waals surface area (Å²) in [7, 11) is 0. The maximum atomic E-state index is 13.4. The third-order valence-electron chi connectivity index (χ3n) is 5.15. The third kappa shape index (κ3) is 2.66. The molecular weight excluding hydrogens is 369 g/mol. The highest BCUT2D eigenvalue weighted by Gasteiger charge is 2.52. The first kappa shape index (κ1) is 18.6. The molecule has 3 rings (SSSR count). The molecule has 0 aromatic heterocycles. The van der Waals surface area contributed by atoms with Crippen LogP contribution < -0.4 is 0 Å². The lowest BCUT2D eigenvalue weighted by Crippen LogP contribution is -2.42. The van der Waals surface area contributed by atoms with Crippen LogP contribution >= 0.6 is 17.0 Å². The van der Waals surface area contributed by atoms with Gasteiger partial charge in [-0.25, -0.2) is 4.39 Å². The standard InChI is InChI=1S/C20H20FNO.BrH/c1-4-19(2,3)20(16-6-8-17(21)9-7-16)18-10-5-14(12-22)11-15(18)13-23-20;/h5-11H,4,13H2,1-3H3;1H. The Hall–Kier alpha value is -1.70. The average molecular weight is 390 g/mol. The first-order chi connectivity index (χ1) is 10.9.